The Labute approximate surface area is 123 Å². The fourth-order valence-electron chi connectivity index (χ4n) is 2.30. The monoisotopic (exact) mass is 312 g/mol. The van der Waals surface area contributed by atoms with Gasteiger partial charge in [0.05, 0.1) is 27.5 Å². The minimum Gasteiger partial charge on any atom is -0.286 e. The molecular formula is C12H9BClF3N4. The number of hydrogen-bond donors (Lipinski definition) is 0. The number of aryl methyl sites for hydroxylation is 1. The van der Waals surface area contributed by atoms with E-state index in [0.29, 0.717) is 24.3 Å². The third-order valence-corrected chi connectivity index (χ3v) is 3.55. The summed E-state index contributed by atoms with van der Waals surface area (Å²) in [5.41, 5.74) is 1.35. The molecule has 0 aliphatic carbocycles. The molecule has 0 unspecified atom stereocenters. The maximum absolute atomic E-state index is 13.0. The van der Waals surface area contributed by atoms with E-state index in [1.54, 1.807) is 11.3 Å². The van der Waals surface area contributed by atoms with Crippen molar-refractivity contribution in [2.75, 3.05) is 0 Å². The topological polar surface area (TPSA) is 43.1 Å². The van der Waals surface area contributed by atoms with Crippen molar-refractivity contribution in [3.8, 4) is 0 Å². The number of halogens is 4. The Bertz CT molecular complexity index is 859. The molecule has 3 rings (SSSR count). The van der Waals surface area contributed by atoms with Gasteiger partial charge in [0.2, 0.25) is 7.28 Å². The molecule has 4 nitrogen and oxygen atoms in total. The molecule has 2 heterocycles. The van der Waals surface area contributed by atoms with Crippen LogP contribution in [0.1, 0.15) is 11.3 Å². The predicted molar refractivity (Wildman–Crippen MR) is 75.7 cm³/mol. The van der Waals surface area contributed by atoms with Gasteiger partial charge < -0.3 is 0 Å². The highest BCUT2D eigenvalue weighted by molar-refractivity contribution is 6.50. The second kappa shape index (κ2) is 4.59. The van der Waals surface area contributed by atoms with Crippen LogP contribution in [0.4, 0.5) is 13.2 Å². The molecule has 1 aromatic carbocycles. The van der Waals surface area contributed by atoms with Crippen LogP contribution in [0, 0.1) is 6.92 Å². The van der Waals surface area contributed by atoms with Gasteiger partial charge in [0.25, 0.3) is 0 Å². The fraction of sp³-hybridized carbons (Fsp3) is 0.250. The number of hydrogen-bond acceptors (Lipinski definition) is 3. The molecule has 0 N–H and O–H groups in total. The average molecular weight is 312 g/mol. The van der Waals surface area contributed by atoms with Crippen molar-refractivity contribution in [3.05, 3.63) is 28.4 Å². The minimum absolute atomic E-state index is 0.0809. The molecule has 0 radical (unpaired) electrons. The van der Waals surface area contributed by atoms with Gasteiger partial charge in [-0.3, -0.25) is 4.40 Å². The zero-order chi connectivity index (χ0) is 15.4. The number of fused-ring (bicyclic) bond motifs is 3. The molecule has 0 saturated carbocycles. The van der Waals surface area contributed by atoms with E-state index in [0.717, 1.165) is 12.1 Å². The number of rotatable bonds is 1. The van der Waals surface area contributed by atoms with E-state index in [9.17, 15) is 13.2 Å². The lowest BCUT2D eigenvalue weighted by Gasteiger charge is -2.10. The zero-order valence-corrected chi connectivity index (χ0v) is 11.9. The van der Waals surface area contributed by atoms with Gasteiger partial charge in [0, 0.05) is 0 Å². The van der Waals surface area contributed by atoms with Crippen LogP contribution in [0.3, 0.4) is 0 Å². The maximum Gasteiger partial charge on any atom is 0.416 e. The van der Waals surface area contributed by atoms with Crippen molar-refractivity contribution >= 4 is 41.3 Å². The Balaban J connectivity index is 2.50. The van der Waals surface area contributed by atoms with E-state index >= 15 is 0 Å². The van der Waals surface area contributed by atoms with E-state index in [2.05, 4.69) is 15.2 Å². The largest absolute Gasteiger partial charge is 0.416 e. The molecule has 0 aliphatic rings. The molecule has 9 heteroatoms. The standard InChI is InChI=1S/C12H9BClF3N4/c1-5-10-20-19-9-7(14)3-6(12(15,16)17)4-8(9)21(10)11(13-2)18-5/h3-4,13H,1-2H3. The highest BCUT2D eigenvalue weighted by Gasteiger charge is 2.32. The molecular weight excluding hydrogens is 303 g/mol. The average Bonchev–Trinajstić information content (AvgIpc) is 2.74. The fourth-order valence-corrected chi connectivity index (χ4v) is 2.55. The molecule has 0 atom stereocenters. The molecule has 108 valence electrons. The van der Waals surface area contributed by atoms with Crippen LogP contribution in [0.25, 0.3) is 16.7 Å². The number of aromatic nitrogens is 4. The van der Waals surface area contributed by atoms with Gasteiger partial charge in [0.1, 0.15) is 5.52 Å². The van der Waals surface area contributed by atoms with Crippen molar-refractivity contribution < 1.29 is 13.2 Å². The number of benzene rings is 1. The summed E-state index contributed by atoms with van der Waals surface area (Å²) in [6, 6.07) is 1.89. The molecule has 3 aromatic rings. The normalized spacial score (nSPS) is 12.3. The van der Waals surface area contributed by atoms with E-state index < -0.39 is 11.7 Å². The summed E-state index contributed by atoms with van der Waals surface area (Å²) in [6.45, 7) is 3.61. The maximum atomic E-state index is 13.0. The van der Waals surface area contributed by atoms with Crippen LogP contribution in [0.15, 0.2) is 12.1 Å². The molecule has 0 aliphatic heterocycles. The van der Waals surface area contributed by atoms with Gasteiger partial charge in [-0.25, -0.2) is 4.98 Å². The summed E-state index contributed by atoms with van der Waals surface area (Å²) in [7, 11) is 0.559. The summed E-state index contributed by atoms with van der Waals surface area (Å²) >= 11 is 5.93. The quantitative estimate of drug-likeness (QED) is 0.648. The Morgan fingerprint density at radius 3 is 2.57 bits per heavy atom. The highest BCUT2D eigenvalue weighted by Crippen LogP contribution is 2.34. The smallest absolute Gasteiger partial charge is 0.286 e. The van der Waals surface area contributed by atoms with Crippen molar-refractivity contribution in [3.63, 3.8) is 0 Å². The molecule has 2 aromatic heterocycles. The first-order valence-corrected chi connectivity index (χ1v) is 6.61. The molecule has 0 bridgehead atoms. The summed E-state index contributed by atoms with van der Waals surface area (Å²) in [4.78, 5) is 4.32. The second-order valence-electron chi connectivity index (χ2n) is 4.65. The number of imidazole rings is 1. The Morgan fingerprint density at radius 1 is 1.24 bits per heavy atom. The third-order valence-electron chi connectivity index (χ3n) is 3.26. The lowest BCUT2D eigenvalue weighted by atomic mass is 9.81. The summed E-state index contributed by atoms with van der Waals surface area (Å²) in [6.07, 6.45) is -4.48. The van der Waals surface area contributed by atoms with Crippen molar-refractivity contribution in [1.82, 2.24) is 19.6 Å². The summed E-state index contributed by atoms with van der Waals surface area (Å²) in [5.74, 6) is 0. The van der Waals surface area contributed by atoms with Crippen LogP contribution in [0.5, 0.6) is 0 Å². The SMILES string of the molecule is CBc1nc(C)c2nnc3c(Cl)cc(C(F)(F)F)cc3n12. The first-order chi connectivity index (χ1) is 9.82. The Hall–Kier alpha value is -1.83. The number of nitrogens with zero attached hydrogens (tertiary/aromatic N) is 4. The van der Waals surface area contributed by atoms with Crippen LogP contribution in [-0.2, 0) is 6.18 Å². The van der Waals surface area contributed by atoms with Crippen molar-refractivity contribution in [1.29, 1.82) is 0 Å². The van der Waals surface area contributed by atoms with E-state index in [-0.39, 0.29) is 16.1 Å². The van der Waals surface area contributed by atoms with Crippen LogP contribution < -0.4 is 5.72 Å². The van der Waals surface area contributed by atoms with Crippen molar-refractivity contribution in [2.45, 2.75) is 19.9 Å². The third kappa shape index (κ3) is 2.14. The minimum atomic E-state index is -4.48. The zero-order valence-electron chi connectivity index (χ0n) is 11.2. The highest BCUT2D eigenvalue weighted by atomic mass is 35.5. The second-order valence-corrected chi connectivity index (χ2v) is 5.06. The lowest BCUT2D eigenvalue weighted by molar-refractivity contribution is -0.137. The van der Waals surface area contributed by atoms with Gasteiger partial charge in [-0.2, -0.15) is 13.2 Å². The first-order valence-electron chi connectivity index (χ1n) is 6.24. The van der Waals surface area contributed by atoms with Gasteiger partial charge >= 0.3 is 6.18 Å². The first kappa shape index (κ1) is 14.1. The molecule has 0 saturated heterocycles. The molecule has 0 fully saturated rings. The van der Waals surface area contributed by atoms with Crippen molar-refractivity contribution in [2.24, 2.45) is 0 Å². The number of alkyl halides is 3. The van der Waals surface area contributed by atoms with Gasteiger partial charge in [-0.05, 0) is 19.1 Å². The summed E-state index contributed by atoms with van der Waals surface area (Å²) in [5, 5.41) is 7.86. The Kier molecular flexibility index (Phi) is 3.09. The Morgan fingerprint density at radius 2 is 1.95 bits per heavy atom. The van der Waals surface area contributed by atoms with E-state index in [1.807, 2.05) is 6.82 Å². The lowest BCUT2D eigenvalue weighted by Crippen LogP contribution is -2.21. The van der Waals surface area contributed by atoms with Gasteiger partial charge in [0.15, 0.2) is 5.65 Å². The van der Waals surface area contributed by atoms with Crippen LogP contribution >= 0.6 is 11.6 Å². The van der Waals surface area contributed by atoms with Gasteiger partial charge in [-0.15, -0.1) is 10.2 Å². The molecule has 21 heavy (non-hydrogen) atoms. The van der Waals surface area contributed by atoms with Crippen LogP contribution in [-0.4, -0.2) is 26.9 Å². The van der Waals surface area contributed by atoms with E-state index in [1.165, 1.54) is 0 Å². The predicted octanol–water partition coefficient (Wildman–Crippen LogP) is 2.37. The molecule has 0 spiro atoms. The van der Waals surface area contributed by atoms with E-state index in [4.69, 9.17) is 11.6 Å². The van der Waals surface area contributed by atoms with Crippen LogP contribution in [0.2, 0.25) is 11.8 Å². The van der Waals surface area contributed by atoms with Gasteiger partial charge in [-0.1, -0.05) is 18.4 Å². The molecule has 0 amide bonds. The summed E-state index contributed by atoms with van der Waals surface area (Å²) < 4.78 is 40.5.